The van der Waals surface area contributed by atoms with Gasteiger partial charge >= 0.3 is 0 Å². The van der Waals surface area contributed by atoms with E-state index in [-0.39, 0.29) is 0 Å². The lowest BCUT2D eigenvalue weighted by molar-refractivity contribution is 0.388. The molecule has 0 fully saturated rings. The Bertz CT molecular complexity index is 507. The first-order chi connectivity index (χ1) is 8.72. The maximum Gasteiger partial charge on any atom is 0.124 e. The SMILES string of the molecule is CN(C)CCCCn1c(CCl)nc2cnccc21. The van der Waals surface area contributed by atoms with E-state index in [1.807, 2.05) is 6.07 Å². The predicted octanol–water partition coefficient (Wildman–Crippen LogP) is 2.51. The number of unbranched alkanes of at least 4 members (excludes halogenated alkanes) is 1. The molecule has 0 aromatic carbocycles. The number of aryl methyl sites for hydroxylation is 1. The van der Waals surface area contributed by atoms with Crippen molar-refractivity contribution < 1.29 is 0 Å². The quantitative estimate of drug-likeness (QED) is 0.595. The first-order valence-corrected chi connectivity index (χ1v) is 6.75. The van der Waals surface area contributed by atoms with Gasteiger partial charge < -0.3 is 9.47 Å². The van der Waals surface area contributed by atoms with E-state index in [1.54, 1.807) is 12.4 Å². The van der Waals surface area contributed by atoms with Crippen LogP contribution in [0.3, 0.4) is 0 Å². The minimum absolute atomic E-state index is 0.447. The number of aromatic nitrogens is 3. The van der Waals surface area contributed by atoms with Crippen LogP contribution in [0.1, 0.15) is 18.7 Å². The number of rotatable bonds is 6. The molecule has 0 aliphatic rings. The molecule has 0 spiro atoms. The summed E-state index contributed by atoms with van der Waals surface area (Å²) < 4.78 is 2.21. The number of nitrogens with zero attached hydrogens (tertiary/aromatic N) is 4. The van der Waals surface area contributed by atoms with E-state index >= 15 is 0 Å². The summed E-state index contributed by atoms with van der Waals surface area (Å²) in [6, 6.07) is 2.00. The highest BCUT2D eigenvalue weighted by Gasteiger charge is 2.09. The Morgan fingerprint density at radius 1 is 1.33 bits per heavy atom. The van der Waals surface area contributed by atoms with Crippen molar-refractivity contribution >= 4 is 22.6 Å². The Morgan fingerprint density at radius 3 is 2.89 bits per heavy atom. The Balaban J connectivity index is 2.10. The Kier molecular flexibility index (Phi) is 4.55. The molecule has 4 nitrogen and oxygen atoms in total. The van der Waals surface area contributed by atoms with Gasteiger partial charge in [0, 0.05) is 12.7 Å². The van der Waals surface area contributed by atoms with Crippen LogP contribution < -0.4 is 0 Å². The molecule has 0 saturated carbocycles. The van der Waals surface area contributed by atoms with Crippen LogP contribution in [-0.4, -0.2) is 40.1 Å². The summed E-state index contributed by atoms with van der Waals surface area (Å²) in [6.07, 6.45) is 5.91. The summed E-state index contributed by atoms with van der Waals surface area (Å²) in [7, 11) is 4.20. The van der Waals surface area contributed by atoms with Gasteiger partial charge in [0.15, 0.2) is 0 Å². The Labute approximate surface area is 113 Å². The predicted molar refractivity (Wildman–Crippen MR) is 74.9 cm³/mol. The molecule has 0 radical (unpaired) electrons. The molecule has 5 heteroatoms. The van der Waals surface area contributed by atoms with Crippen LogP contribution in [0.2, 0.25) is 0 Å². The van der Waals surface area contributed by atoms with Crippen molar-refractivity contribution in [2.24, 2.45) is 0 Å². The number of hydrogen-bond acceptors (Lipinski definition) is 3. The van der Waals surface area contributed by atoms with Gasteiger partial charge in [-0.15, -0.1) is 11.6 Å². The second-order valence-corrected chi connectivity index (χ2v) is 4.96. The van der Waals surface area contributed by atoms with Crippen molar-refractivity contribution in [3.05, 3.63) is 24.3 Å². The second kappa shape index (κ2) is 6.16. The molecule has 0 amide bonds. The third kappa shape index (κ3) is 3.00. The van der Waals surface area contributed by atoms with Crippen LogP contribution in [-0.2, 0) is 12.4 Å². The number of imidazole rings is 1. The van der Waals surface area contributed by atoms with Gasteiger partial charge in [0.05, 0.1) is 17.6 Å². The third-order valence-electron chi connectivity index (χ3n) is 2.99. The summed E-state index contributed by atoms with van der Waals surface area (Å²) >= 11 is 5.95. The lowest BCUT2D eigenvalue weighted by Crippen LogP contribution is -2.13. The maximum absolute atomic E-state index is 5.95. The minimum Gasteiger partial charge on any atom is -0.327 e. The van der Waals surface area contributed by atoms with E-state index in [1.165, 1.54) is 6.42 Å². The number of halogens is 1. The third-order valence-corrected chi connectivity index (χ3v) is 3.23. The van der Waals surface area contributed by atoms with Crippen LogP contribution in [0.15, 0.2) is 18.5 Å². The molecule has 18 heavy (non-hydrogen) atoms. The smallest absolute Gasteiger partial charge is 0.124 e. The van der Waals surface area contributed by atoms with Gasteiger partial charge in [0.1, 0.15) is 11.3 Å². The van der Waals surface area contributed by atoms with Crippen LogP contribution in [0.25, 0.3) is 11.0 Å². The van der Waals surface area contributed by atoms with E-state index in [9.17, 15) is 0 Å². The first kappa shape index (κ1) is 13.3. The van der Waals surface area contributed by atoms with E-state index in [0.717, 1.165) is 36.4 Å². The summed E-state index contributed by atoms with van der Waals surface area (Å²) in [5, 5.41) is 0. The van der Waals surface area contributed by atoms with Crippen molar-refractivity contribution in [3.8, 4) is 0 Å². The van der Waals surface area contributed by atoms with Gasteiger partial charge in [-0.05, 0) is 39.5 Å². The average Bonchev–Trinajstić information content (AvgIpc) is 2.72. The van der Waals surface area contributed by atoms with Gasteiger partial charge in [-0.2, -0.15) is 0 Å². The molecule has 0 N–H and O–H groups in total. The zero-order valence-electron chi connectivity index (χ0n) is 10.9. The lowest BCUT2D eigenvalue weighted by atomic mass is 10.3. The number of hydrogen-bond donors (Lipinski definition) is 0. The topological polar surface area (TPSA) is 34.0 Å². The molecule has 0 aliphatic carbocycles. The van der Waals surface area contributed by atoms with Crippen molar-refractivity contribution in [1.82, 2.24) is 19.4 Å². The molecule has 2 aromatic rings. The largest absolute Gasteiger partial charge is 0.327 e. The van der Waals surface area contributed by atoms with Crippen molar-refractivity contribution in [2.45, 2.75) is 25.3 Å². The standard InChI is InChI=1S/C13H19ClN4/c1-17(2)7-3-4-8-18-12-5-6-15-10-11(12)16-13(18)9-14/h5-6,10H,3-4,7-9H2,1-2H3. The van der Waals surface area contributed by atoms with Crippen LogP contribution in [0.4, 0.5) is 0 Å². The Hall–Kier alpha value is -1.13. The van der Waals surface area contributed by atoms with E-state index in [0.29, 0.717) is 5.88 Å². The fraction of sp³-hybridized carbons (Fsp3) is 0.538. The normalized spacial score (nSPS) is 11.6. The van der Waals surface area contributed by atoms with Gasteiger partial charge in [-0.1, -0.05) is 0 Å². The second-order valence-electron chi connectivity index (χ2n) is 4.69. The van der Waals surface area contributed by atoms with E-state index in [2.05, 4.69) is 33.5 Å². The molecule has 0 unspecified atom stereocenters. The highest BCUT2D eigenvalue weighted by atomic mass is 35.5. The molecule has 2 aromatic heterocycles. The first-order valence-electron chi connectivity index (χ1n) is 6.22. The van der Waals surface area contributed by atoms with Crippen LogP contribution >= 0.6 is 11.6 Å². The highest BCUT2D eigenvalue weighted by Crippen LogP contribution is 2.17. The molecular weight excluding hydrogens is 248 g/mol. The fourth-order valence-corrected chi connectivity index (χ4v) is 2.29. The monoisotopic (exact) mass is 266 g/mol. The molecule has 0 aliphatic heterocycles. The molecule has 0 atom stereocenters. The molecule has 2 rings (SSSR count). The van der Waals surface area contributed by atoms with Gasteiger partial charge in [0.25, 0.3) is 0 Å². The highest BCUT2D eigenvalue weighted by molar-refractivity contribution is 6.16. The molecule has 0 bridgehead atoms. The summed E-state index contributed by atoms with van der Waals surface area (Å²) in [5.74, 6) is 1.38. The van der Waals surface area contributed by atoms with Gasteiger partial charge in [0.2, 0.25) is 0 Å². The molecule has 98 valence electrons. The van der Waals surface area contributed by atoms with Gasteiger partial charge in [-0.3, -0.25) is 4.98 Å². The van der Waals surface area contributed by atoms with E-state index < -0.39 is 0 Å². The zero-order valence-corrected chi connectivity index (χ0v) is 11.7. The molecular formula is C13H19ClN4. The summed E-state index contributed by atoms with van der Waals surface area (Å²) in [4.78, 5) is 10.8. The number of fused-ring (bicyclic) bond motifs is 1. The maximum atomic E-state index is 5.95. The average molecular weight is 267 g/mol. The van der Waals surface area contributed by atoms with Crippen LogP contribution in [0.5, 0.6) is 0 Å². The summed E-state index contributed by atoms with van der Waals surface area (Å²) in [5.41, 5.74) is 2.06. The zero-order chi connectivity index (χ0) is 13.0. The van der Waals surface area contributed by atoms with E-state index in [4.69, 9.17) is 11.6 Å². The minimum atomic E-state index is 0.447. The molecule has 0 saturated heterocycles. The fourth-order valence-electron chi connectivity index (χ4n) is 2.08. The number of alkyl halides is 1. The number of pyridine rings is 1. The Morgan fingerprint density at radius 2 is 2.17 bits per heavy atom. The summed E-state index contributed by atoms with van der Waals surface area (Å²) in [6.45, 7) is 2.08. The van der Waals surface area contributed by atoms with Crippen LogP contribution in [0, 0.1) is 0 Å². The lowest BCUT2D eigenvalue weighted by Gasteiger charge is -2.10. The van der Waals surface area contributed by atoms with Crippen molar-refractivity contribution in [2.75, 3.05) is 20.6 Å². The molecule has 2 heterocycles. The van der Waals surface area contributed by atoms with Crippen molar-refractivity contribution in [3.63, 3.8) is 0 Å². The van der Waals surface area contributed by atoms with Gasteiger partial charge in [-0.25, -0.2) is 4.98 Å². The van der Waals surface area contributed by atoms with Crippen molar-refractivity contribution in [1.29, 1.82) is 0 Å².